The molecule has 4 rings (SSSR count). The summed E-state index contributed by atoms with van der Waals surface area (Å²) in [5.74, 6) is 1.62. The van der Waals surface area contributed by atoms with Crippen LogP contribution in [0.25, 0.3) is 0 Å². The quantitative estimate of drug-likeness (QED) is 0.891. The van der Waals surface area contributed by atoms with E-state index in [4.69, 9.17) is 10.2 Å². The van der Waals surface area contributed by atoms with Crippen LogP contribution in [0.15, 0.2) is 16.7 Å². The Morgan fingerprint density at radius 2 is 2.43 bits per heavy atom. The highest BCUT2D eigenvalue weighted by atomic mass is 16.3. The SMILES string of the molecule is Cc1ccoc1Cn1nnnc1N1C[C@@H]2CCC[C@]2(C(N)=O)C1. The van der Waals surface area contributed by atoms with E-state index in [2.05, 4.69) is 20.4 Å². The number of aromatic nitrogens is 4. The summed E-state index contributed by atoms with van der Waals surface area (Å²) >= 11 is 0. The van der Waals surface area contributed by atoms with Gasteiger partial charge >= 0.3 is 0 Å². The van der Waals surface area contributed by atoms with Crippen molar-refractivity contribution in [1.29, 1.82) is 0 Å². The van der Waals surface area contributed by atoms with Gasteiger partial charge in [0.25, 0.3) is 0 Å². The van der Waals surface area contributed by atoms with E-state index in [0.29, 0.717) is 25.0 Å². The molecule has 0 radical (unpaired) electrons. The van der Waals surface area contributed by atoms with E-state index in [1.807, 2.05) is 13.0 Å². The van der Waals surface area contributed by atoms with E-state index in [1.165, 1.54) is 0 Å². The Balaban J connectivity index is 1.60. The molecule has 2 fully saturated rings. The number of furan rings is 1. The van der Waals surface area contributed by atoms with Gasteiger partial charge in [0.05, 0.1) is 11.7 Å². The van der Waals surface area contributed by atoms with Crippen LogP contribution in [0.5, 0.6) is 0 Å². The molecule has 0 bridgehead atoms. The molecule has 1 saturated carbocycles. The van der Waals surface area contributed by atoms with Crippen LogP contribution < -0.4 is 10.6 Å². The predicted octanol–water partition coefficient (Wildman–Crippen LogP) is 0.715. The van der Waals surface area contributed by atoms with Gasteiger partial charge in [0.15, 0.2) is 0 Å². The number of nitrogens with two attached hydrogens (primary N) is 1. The second-order valence-corrected chi connectivity index (χ2v) is 6.65. The van der Waals surface area contributed by atoms with E-state index in [9.17, 15) is 4.79 Å². The average Bonchev–Trinajstić information content (AvgIpc) is 3.23. The molecule has 0 aromatic carbocycles. The highest BCUT2D eigenvalue weighted by Gasteiger charge is 2.54. The number of primary amides is 1. The van der Waals surface area contributed by atoms with E-state index < -0.39 is 5.41 Å². The molecule has 2 atom stereocenters. The molecule has 2 aromatic heterocycles. The minimum absolute atomic E-state index is 0.191. The summed E-state index contributed by atoms with van der Waals surface area (Å²) in [5, 5.41) is 12.0. The first-order chi connectivity index (χ1) is 11.1. The lowest BCUT2D eigenvalue weighted by molar-refractivity contribution is -0.127. The number of fused-ring (bicyclic) bond motifs is 1. The third-order valence-corrected chi connectivity index (χ3v) is 5.42. The second-order valence-electron chi connectivity index (χ2n) is 6.65. The summed E-state index contributed by atoms with van der Waals surface area (Å²) in [7, 11) is 0. The van der Waals surface area contributed by atoms with E-state index in [0.717, 1.165) is 37.1 Å². The normalized spacial score (nSPS) is 26.7. The highest BCUT2D eigenvalue weighted by Crippen LogP contribution is 2.49. The van der Waals surface area contributed by atoms with Gasteiger partial charge in [-0.05, 0) is 47.7 Å². The summed E-state index contributed by atoms with van der Waals surface area (Å²) in [4.78, 5) is 14.1. The Hall–Kier alpha value is -2.38. The number of nitrogens with zero attached hydrogens (tertiary/aromatic N) is 5. The van der Waals surface area contributed by atoms with Gasteiger partial charge in [0.2, 0.25) is 11.9 Å². The lowest BCUT2D eigenvalue weighted by Gasteiger charge is -2.24. The molecule has 1 aliphatic heterocycles. The van der Waals surface area contributed by atoms with E-state index in [1.54, 1.807) is 10.9 Å². The third kappa shape index (κ3) is 2.12. The van der Waals surface area contributed by atoms with Crippen molar-refractivity contribution in [2.75, 3.05) is 18.0 Å². The van der Waals surface area contributed by atoms with Crippen LogP contribution in [0.1, 0.15) is 30.6 Å². The zero-order chi connectivity index (χ0) is 16.0. The van der Waals surface area contributed by atoms with Gasteiger partial charge < -0.3 is 15.1 Å². The number of anilines is 1. The molecule has 1 amide bonds. The monoisotopic (exact) mass is 316 g/mol. The molecule has 3 heterocycles. The average molecular weight is 316 g/mol. The standard InChI is InChI=1S/C15H20N6O2/c1-10-4-6-23-12(10)8-21-14(17-18-19-21)20-7-11-3-2-5-15(11,9-20)13(16)22/h4,6,11H,2-3,5,7-9H2,1H3,(H2,16,22)/t11-,15-/m0/s1. The van der Waals surface area contributed by atoms with Crippen molar-refractivity contribution in [3.63, 3.8) is 0 Å². The first-order valence-electron chi connectivity index (χ1n) is 7.94. The summed E-state index contributed by atoms with van der Waals surface area (Å²) in [5.41, 5.74) is 6.37. The van der Waals surface area contributed by atoms with Crippen molar-refractivity contribution >= 4 is 11.9 Å². The predicted molar refractivity (Wildman–Crippen MR) is 81.5 cm³/mol. The van der Waals surface area contributed by atoms with Crippen molar-refractivity contribution < 1.29 is 9.21 Å². The number of aryl methyl sites for hydroxylation is 1. The zero-order valence-corrected chi connectivity index (χ0v) is 13.1. The molecule has 0 unspecified atom stereocenters. The van der Waals surface area contributed by atoms with Crippen molar-refractivity contribution in [3.05, 3.63) is 23.7 Å². The van der Waals surface area contributed by atoms with Crippen LogP contribution in [0, 0.1) is 18.3 Å². The Bertz CT molecular complexity index is 738. The lowest BCUT2D eigenvalue weighted by Crippen LogP contribution is -2.41. The van der Waals surface area contributed by atoms with Gasteiger partial charge in [0, 0.05) is 13.1 Å². The first kappa shape index (κ1) is 14.2. The number of carbonyl (C=O) groups excluding carboxylic acids is 1. The molecular weight excluding hydrogens is 296 g/mol. The van der Waals surface area contributed by atoms with Gasteiger partial charge in [-0.15, -0.1) is 0 Å². The topological polar surface area (TPSA) is 103 Å². The summed E-state index contributed by atoms with van der Waals surface area (Å²) in [6.07, 6.45) is 4.63. The van der Waals surface area contributed by atoms with E-state index >= 15 is 0 Å². The van der Waals surface area contributed by atoms with Crippen molar-refractivity contribution in [2.24, 2.45) is 17.1 Å². The van der Waals surface area contributed by atoms with Crippen molar-refractivity contribution in [3.8, 4) is 0 Å². The number of carbonyl (C=O) groups is 1. The maximum Gasteiger partial charge on any atom is 0.246 e. The van der Waals surface area contributed by atoms with Gasteiger partial charge in [0.1, 0.15) is 12.3 Å². The van der Waals surface area contributed by atoms with Gasteiger partial charge in [-0.1, -0.05) is 11.5 Å². The minimum atomic E-state index is -0.419. The summed E-state index contributed by atoms with van der Waals surface area (Å²) < 4.78 is 7.20. The highest BCUT2D eigenvalue weighted by molar-refractivity contribution is 5.83. The second kappa shape index (κ2) is 5.07. The maximum absolute atomic E-state index is 12.0. The molecule has 8 heteroatoms. The molecule has 2 aliphatic rings. The van der Waals surface area contributed by atoms with Crippen LogP contribution in [0.4, 0.5) is 5.95 Å². The summed E-state index contributed by atoms with van der Waals surface area (Å²) in [6, 6.07) is 1.92. The van der Waals surface area contributed by atoms with Crippen LogP contribution >= 0.6 is 0 Å². The van der Waals surface area contributed by atoms with Crippen LogP contribution in [-0.4, -0.2) is 39.2 Å². The minimum Gasteiger partial charge on any atom is -0.467 e. The molecular formula is C15H20N6O2. The Kier molecular flexibility index (Phi) is 3.14. The van der Waals surface area contributed by atoms with Gasteiger partial charge in [-0.3, -0.25) is 4.79 Å². The maximum atomic E-state index is 12.0. The third-order valence-electron chi connectivity index (χ3n) is 5.42. The van der Waals surface area contributed by atoms with Gasteiger partial charge in [-0.2, -0.15) is 0 Å². The zero-order valence-electron chi connectivity index (χ0n) is 13.1. The lowest BCUT2D eigenvalue weighted by atomic mass is 9.80. The fourth-order valence-corrected chi connectivity index (χ4v) is 4.08. The Labute approximate surface area is 133 Å². The fraction of sp³-hybridized carbons (Fsp3) is 0.600. The van der Waals surface area contributed by atoms with Crippen molar-refractivity contribution in [2.45, 2.75) is 32.7 Å². The Morgan fingerprint density at radius 1 is 1.57 bits per heavy atom. The summed E-state index contributed by atoms with van der Waals surface area (Å²) in [6.45, 7) is 3.85. The molecule has 0 spiro atoms. The molecule has 2 aromatic rings. The number of rotatable bonds is 4. The number of tetrazole rings is 1. The van der Waals surface area contributed by atoms with Crippen LogP contribution in [0.2, 0.25) is 0 Å². The number of hydrogen-bond acceptors (Lipinski definition) is 6. The number of amides is 1. The van der Waals surface area contributed by atoms with Crippen LogP contribution in [-0.2, 0) is 11.3 Å². The smallest absolute Gasteiger partial charge is 0.246 e. The van der Waals surface area contributed by atoms with E-state index in [-0.39, 0.29) is 5.91 Å². The number of hydrogen-bond donors (Lipinski definition) is 1. The molecule has 23 heavy (non-hydrogen) atoms. The molecule has 2 N–H and O–H groups in total. The van der Waals surface area contributed by atoms with Crippen LogP contribution in [0.3, 0.4) is 0 Å². The first-order valence-corrected chi connectivity index (χ1v) is 7.94. The van der Waals surface area contributed by atoms with Crippen molar-refractivity contribution in [1.82, 2.24) is 20.2 Å². The van der Waals surface area contributed by atoms with Gasteiger partial charge in [-0.25, -0.2) is 4.68 Å². The fourth-order valence-electron chi connectivity index (χ4n) is 4.08. The Morgan fingerprint density at radius 3 is 3.13 bits per heavy atom. The molecule has 8 nitrogen and oxygen atoms in total. The molecule has 1 aliphatic carbocycles. The molecule has 122 valence electrons. The largest absolute Gasteiger partial charge is 0.467 e. The molecule has 1 saturated heterocycles.